The third kappa shape index (κ3) is 4.39. The number of rotatable bonds is 5. The first kappa shape index (κ1) is 11.2. The fourth-order valence-corrected chi connectivity index (χ4v) is 1.10. The van der Waals surface area contributed by atoms with E-state index in [1.165, 1.54) is 0 Å². The van der Waals surface area contributed by atoms with E-state index in [2.05, 4.69) is 14.9 Å². The van der Waals surface area contributed by atoms with Gasteiger partial charge in [-0.05, 0) is 32.1 Å². The van der Waals surface area contributed by atoms with Gasteiger partial charge in [0.15, 0.2) is 0 Å². The molecule has 1 heterocycles. The van der Waals surface area contributed by atoms with E-state index in [4.69, 9.17) is 16.3 Å². The molecule has 78 valence electrons. The maximum absolute atomic E-state index is 5.60. The molecule has 1 rings (SSSR count). The summed E-state index contributed by atoms with van der Waals surface area (Å²) in [6, 6.07) is 1.70. The van der Waals surface area contributed by atoms with E-state index >= 15 is 0 Å². The molecule has 0 amide bonds. The van der Waals surface area contributed by atoms with E-state index < -0.39 is 0 Å². The highest BCUT2D eigenvalue weighted by atomic mass is 35.5. The Balaban J connectivity index is 2.25. The SMILES string of the molecule is CN(C)CCCOc1ccnc(Cl)n1. The van der Waals surface area contributed by atoms with E-state index in [9.17, 15) is 0 Å². The van der Waals surface area contributed by atoms with Crippen molar-refractivity contribution in [3.63, 3.8) is 0 Å². The van der Waals surface area contributed by atoms with Gasteiger partial charge in [-0.3, -0.25) is 0 Å². The molecule has 4 nitrogen and oxygen atoms in total. The Morgan fingerprint density at radius 1 is 1.50 bits per heavy atom. The van der Waals surface area contributed by atoms with Crippen LogP contribution in [0.4, 0.5) is 0 Å². The Hall–Kier alpha value is -0.870. The van der Waals surface area contributed by atoms with Crippen molar-refractivity contribution in [2.75, 3.05) is 27.2 Å². The molecule has 0 fully saturated rings. The van der Waals surface area contributed by atoms with Crippen LogP contribution in [0.1, 0.15) is 6.42 Å². The van der Waals surface area contributed by atoms with Crippen LogP contribution in [0.3, 0.4) is 0 Å². The van der Waals surface area contributed by atoms with E-state index in [0.717, 1.165) is 13.0 Å². The van der Waals surface area contributed by atoms with Gasteiger partial charge in [0.2, 0.25) is 11.2 Å². The standard InChI is InChI=1S/C9H14ClN3O/c1-13(2)6-3-7-14-8-4-5-11-9(10)12-8/h4-5H,3,6-7H2,1-2H3. The fourth-order valence-electron chi connectivity index (χ4n) is 0.958. The van der Waals surface area contributed by atoms with Crippen LogP contribution >= 0.6 is 11.6 Å². The van der Waals surface area contributed by atoms with E-state index in [0.29, 0.717) is 12.5 Å². The summed E-state index contributed by atoms with van der Waals surface area (Å²) >= 11 is 5.60. The number of hydrogen-bond acceptors (Lipinski definition) is 4. The fraction of sp³-hybridized carbons (Fsp3) is 0.556. The zero-order valence-electron chi connectivity index (χ0n) is 8.40. The molecule has 1 aromatic rings. The average Bonchev–Trinajstić information content (AvgIpc) is 2.12. The summed E-state index contributed by atoms with van der Waals surface area (Å²) in [6.45, 7) is 1.64. The summed E-state index contributed by atoms with van der Waals surface area (Å²) in [7, 11) is 4.06. The Kier molecular flexibility index (Phi) is 4.62. The topological polar surface area (TPSA) is 38.2 Å². The summed E-state index contributed by atoms with van der Waals surface area (Å²) in [6.07, 6.45) is 2.55. The zero-order valence-corrected chi connectivity index (χ0v) is 9.16. The second-order valence-electron chi connectivity index (χ2n) is 3.17. The van der Waals surface area contributed by atoms with Gasteiger partial charge in [0.25, 0.3) is 0 Å². The van der Waals surface area contributed by atoms with Crippen molar-refractivity contribution in [3.05, 3.63) is 17.5 Å². The minimum absolute atomic E-state index is 0.218. The molecule has 0 spiro atoms. The highest BCUT2D eigenvalue weighted by Gasteiger charge is 1.97. The molecule has 14 heavy (non-hydrogen) atoms. The summed E-state index contributed by atoms with van der Waals surface area (Å²) in [5.74, 6) is 0.531. The van der Waals surface area contributed by atoms with E-state index in [-0.39, 0.29) is 5.28 Å². The lowest BCUT2D eigenvalue weighted by Gasteiger charge is -2.09. The first-order valence-electron chi connectivity index (χ1n) is 4.44. The molecule has 0 saturated heterocycles. The van der Waals surface area contributed by atoms with Gasteiger partial charge in [0.05, 0.1) is 6.61 Å². The monoisotopic (exact) mass is 215 g/mol. The number of nitrogens with zero attached hydrogens (tertiary/aromatic N) is 3. The van der Waals surface area contributed by atoms with Crippen molar-refractivity contribution in [2.45, 2.75) is 6.42 Å². The summed E-state index contributed by atoms with van der Waals surface area (Å²) in [5, 5.41) is 0.218. The van der Waals surface area contributed by atoms with Crippen LogP contribution in [-0.2, 0) is 0 Å². The lowest BCUT2D eigenvalue weighted by molar-refractivity contribution is 0.273. The van der Waals surface area contributed by atoms with E-state index in [1.807, 2.05) is 14.1 Å². The van der Waals surface area contributed by atoms with Gasteiger partial charge in [-0.1, -0.05) is 0 Å². The van der Waals surface area contributed by atoms with Gasteiger partial charge in [-0.2, -0.15) is 4.98 Å². The van der Waals surface area contributed by atoms with Gasteiger partial charge in [0, 0.05) is 18.8 Å². The Labute approximate surface area is 88.9 Å². The first-order valence-corrected chi connectivity index (χ1v) is 4.82. The second kappa shape index (κ2) is 5.78. The van der Waals surface area contributed by atoms with Gasteiger partial charge in [-0.25, -0.2) is 4.98 Å². The van der Waals surface area contributed by atoms with Gasteiger partial charge in [-0.15, -0.1) is 0 Å². The second-order valence-corrected chi connectivity index (χ2v) is 3.51. The summed E-state index contributed by atoms with van der Waals surface area (Å²) < 4.78 is 5.38. The van der Waals surface area contributed by atoms with Crippen molar-refractivity contribution in [1.82, 2.24) is 14.9 Å². The molecule has 0 N–H and O–H groups in total. The number of aromatic nitrogens is 2. The minimum Gasteiger partial charge on any atom is -0.478 e. The van der Waals surface area contributed by atoms with Gasteiger partial charge < -0.3 is 9.64 Å². The van der Waals surface area contributed by atoms with Crippen LogP contribution in [-0.4, -0.2) is 42.1 Å². The molecule has 0 unspecified atom stereocenters. The quantitative estimate of drug-likeness (QED) is 0.551. The van der Waals surface area contributed by atoms with Crippen LogP contribution < -0.4 is 4.74 Å². The Bertz CT molecular complexity index is 281. The molecule has 0 aliphatic rings. The zero-order chi connectivity index (χ0) is 10.4. The molecule has 0 aliphatic heterocycles. The largest absolute Gasteiger partial charge is 0.478 e. The summed E-state index contributed by atoms with van der Waals surface area (Å²) in [5.41, 5.74) is 0. The first-order chi connectivity index (χ1) is 6.68. The maximum atomic E-state index is 5.60. The Morgan fingerprint density at radius 2 is 2.29 bits per heavy atom. The lowest BCUT2D eigenvalue weighted by Crippen LogP contribution is -2.15. The van der Waals surface area contributed by atoms with Crippen molar-refractivity contribution in [2.24, 2.45) is 0 Å². The molecule has 1 aromatic heterocycles. The van der Waals surface area contributed by atoms with Crippen LogP contribution in [0.2, 0.25) is 5.28 Å². The smallest absolute Gasteiger partial charge is 0.225 e. The number of hydrogen-bond donors (Lipinski definition) is 0. The van der Waals surface area contributed by atoms with Gasteiger partial charge >= 0.3 is 0 Å². The Morgan fingerprint density at radius 3 is 2.93 bits per heavy atom. The third-order valence-electron chi connectivity index (χ3n) is 1.60. The maximum Gasteiger partial charge on any atom is 0.225 e. The molecule has 0 bridgehead atoms. The lowest BCUT2D eigenvalue weighted by atomic mass is 10.4. The van der Waals surface area contributed by atoms with Crippen LogP contribution in [0.5, 0.6) is 5.88 Å². The number of halogens is 1. The molecule has 0 aliphatic carbocycles. The molecular formula is C9H14ClN3O. The highest BCUT2D eigenvalue weighted by molar-refractivity contribution is 6.28. The molecule has 5 heteroatoms. The van der Waals surface area contributed by atoms with Crippen LogP contribution in [0.25, 0.3) is 0 Å². The molecular weight excluding hydrogens is 202 g/mol. The van der Waals surface area contributed by atoms with Crippen molar-refractivity contribution >= 4 is 11.6 Å². The molecule has 0 radical (unpaired) electrons. The minimum atomic E-state index is 0.218. The van der Waals surface area contributed by atoms with Crippen molar-refractivity contribution < 1.29 is 4.74 Å². The molecule has 0 atom stereocenters. The van der Waals surface area contributed by atoms with Crippen LogP contribution in [0, 0.1) is 0 Å². The van der Waals surface area contributed by atoms with Gasteiger partial charge in [0.1, 0.15) is 0 Å². The molecule has 0 saturated carbocycles. The third-order valence-corrected chi connectivity index (χ3v) is 1.78. The number of ether oxygens (including phenoxy) is 1. The average molecular weight is 216 g/mol. The normalized spacial score (nSPS) is 10.6. The van der Waals surface area contributed by atoms with Crippen molar-refractivity contribution in [3.8, 4) is 5.88 Å². The van der Waals surface area contributed by atoms with E-state index in [1.54, 1.807) is 12.3 Å². The highest BCUT2D eigenvalue weighted by Crippen LogP contribution is 2.08. The predicted molar refractivity (Wildman–Crippen MR) is 55.7 cm³/mol. The van der Waals surface area contributed by atoms with Crippen LogP contribution in [0.15, 0.2) is 12.3 Å². The van der Waals surface area contributed by atoms with Crippen molar-refractivity contribution in [1.29, 1.82) is 0 Å². The summed E-state index contributed by atoms with van der Waals surface area (Å²) in [4.78, 5) is 9.78. The predicted octanol–water partition coefficient (Wildman–Crippen LogP) is 1.46. The molecule has 0 aromatic carbocycles.